The highest BCUT2D eigenvalue weighted by atomic mass is 19.4. The second-order valence-corrected chi connectivity index (χ2v) is 5.00. The summed E-state index contributed by atoms with van der Waals surface area (Å²) in [7, 11) is 0. The van der Waals surface area contributed by atoms with Crippen LogP contribution in [0, 0.1) is 11.8 Å². The molecule has 21 heavy (non-hydrogen) atoms. The Labute approximate surface area is 118 Å². The van der Waals surface area contributed by atoms with Crippen molar-refractivity contribution in [2.45, 2.75) is 19.1 Å². The number of carbonyl (C=O) groups is 2. The molecule has 1 fully saturated rings. The first-order chi connectivity index (χ1) is 9.71. The zero-order valence-corrected chi connectivity index (χ0v) is 11.1. The van der Waals surface area contributed by atoms with Crippen molar-refractivity contribution in [3.05, 3.63) is 18.5 Å². The molecule has 6 nitrogen and oxygen atoms in total. The molecule has 0 aromatic carbocycles. The predicted molar refractivity (Wildman–Crippen MR) is 64.2 cm³/mol. The van der Waals surface area contributed by atoms with Gasteiger partial charge in [0.2, 0.25) is 5.91 Å². The Morgan fingerprint density at radius 1 is 1.38 bits per heavy atom. The summed E-state index contributed by atoms with van der Waals surface area (Å²) in [5, 5.41) is 12.8. The van der Waals surface area contributed by atoms with E-state index in [1.165, 1.54) is 24.0 Å². The molecule has 0 saturated carbocycles. The van der Waals surface area contributed by atoms with Crippen LogP contribution in [0.1, 0.15) is 13.0 Å². The van der Waals surface area contributed by atoms with Crippen molar-refractivity contribution in [1.29, 1.82) is 0 Å². The topological polar surface area (TPSA) is 75.4 Å². The van der Waals surface area contributed by atoms with E-state index in [0.717, 1.165) is 4.90 Å². The standard InChI is InChI=1S/C12H14F3N3O3/c1-7(18-4-2-3-16-18)10(19)17-5-8(11(20)21)9(6-17)12(13,14)15/h2-4,7-9H,5-6H2,1H3,(H,20,21)/t7?,8-,9-/m1/s1. The smallest absolute Gasteiger partial charge is 0.394 e. The van der Waals surface area contributed by atoms with Gasteiger partial charge in [0.1, 0.15) is 6.04 Å². The highest BCUT2D eigenvalue weighted by Gasteiger charge is 2.53. The Morgan fingerprint density at radius 3 is 2.48 bits per heavy atom. The molecule has 2 heterocycles. The van der Waals surface area contributed by atoms with Gasteiger partial charge in [0, 0.05) is 25.5 Å². The van der Waals surface area contributed by atoms with Crippen LogP contribution in [0.3, 0.4) is 0 Å². The van der Waals surface area contributed by atoms with Crippen LogP contribution in [-0.4, -0.2) is 50.9 Å². The van der Waals surface area contributed by atoms with E-state index < -0.39 is 49.0 Å². The first-order valence-corrected chi connectivity index (χ1v) is 6.29. The lowest BCUT2D eigenvalue weighted by Gasteiger charge is -2.21. The van der Waals surface area contributed by atoms with Crippen LogP contribution >= 0.6 is 0 Å². The highest BCUT2D eigenvalue weighted by Crippen LogP contribution is 2.38. The van der Waals surface area contributed by atoms with Crippen molar-refractivity contribution in [2.24, 2.45) is 11.8 Å². The SMILES string of the molecule is CC(C(=O)N1C[C@@H](C(F)(F)F)[C@H](C(=O)O)C1)n1cccn1. The van der Waals surface area contributed by atoms with Gasteiger partial charge in [0.15, 0.2) is 0 Å². The molecule has 1 aliphatic rings. The van der Waals surface area contributed by atoms with E-state index in [1.54, 1.807) is 6.07 Å². The number of hydrogen-bond donors (Lipinski definition) is 1. The first kappa shape index (κ1) is 15.3. The number of rotatable bonds is 3. The number of aromatic nitrogens is 2. The van der Waals surface area contributed by atoms with Crippen LogP contribution in [0.5, 0.6) is 0 Å². The molecular formula is C12H14F3N3O3. The Kier molecular flexibility index (Phi) is 3.93. The van der Waals surface area contributed by atoms with E-state index in [4.69, 9.17) is 5.11 Å². The van der Waals surface area contributed by atoms with Crippen LogP contribution in [0.4, 0.5) is 13.2 Å². The zero-order chi connectivity index (χ0) is 15.8. The Bertz CT molecular complexity index is 530. The maximum absolute atomic E-state index is 12.9. The van der Waals surface area contributed by atoms with Gasteiger partial charge >= 0.3 is 12.1 Å². The molecule has 1 unspecified atom stereocenters. The molecule has 116 valence electrons. The van der Waals surface area contributed by atoms with E-state index in [1.807, 2.05) is 0 Å². The number of alkyl halides is 3. The fraction of sp³-hybridized carbons (Fsp3) is 0.583. The number of carboxylic acids is 1. The third-order valence-corrected chi connectivity index (χ3v) is 3.65. The van der Waals surface area contributed by atoms with Crippen molar-refractivity contribution in [3.8, 4) is 0 Å². The largest absolute Gasteiger partial charge is 0.481 e. The molecule has 0 aliphatic carbocycles. The average molecular weight is 305 g/mol. The number of nitrogens with zero attached hydrogens (tertiary/aromatic N) is 3. The summed E-state index contributed by atoms with van der Waals surface area (Å²) in [5.74, 6) is -5.78. The van der Waals surface area contributed by atoms with Crippen molar-refractivity contribution in [3.63, 3.8) is 0 Å². The zero-order valence-electron chi connectivity index (χ0n) is 11.1. The second-order valence-electron chi connectivity index (χ2n) is 5.00. The summed E-state index contributed by atoms with van der Waals surface area (Å²) in [6.07, 6.45) is -1.67. The molecule has 1 amide bonds. The lowest BCUT2D eigenvalue weighted by molar-refractivity contribution is -0.188. The third-order valence-electron chi connectivity index (χ3n) is 3.65. The van der Waals surface area contributed by atoms with Gasteiger partial charge in [-0.15, -0.1) is 0 Å². The molecule has 9 heteroatoms. The van der Waals surface area contributed by atoms with Gasteiger partial charge in [-0.05, 0) is 13.0 Å². The van der Waals surface area contributed by atoms with Crippen LogP contribution < -0.4 is 0 Å². The van der Waals surface area contributed by atoms with Crippen LogP contribution in [0.25, 0.3) is 0 Å². The van der Waals surface area contributed by atoms with Crippen LogP contribution in [0.2, 0.25) is 0 Å². The number of carboxylic acid groups (broad SMARTS) is 1. The van der Waals surface area contributed by atoms with Gasteiger partial charge in [0.05, 0.1) is 11.8 Å². The molecule has 0 bridgehead atoms. The second kappa shape index (κ2) is 5.38. The van der Waals surface area contributed by atoms with Crippen LogP contribution in [0.15, 0.2) is 18.5 Å². The lowest BCUT2D eigenvalue weighted by Crippen LogP contribution is -2.36. The maximum atomic E-state index is 12.9. The molecule has 1 aromatic heterocycles. The molecule has 1 N–H and O–H groups in total. The number of amides is 1. The summed E-state index contributed by atoms with van der Waals surface area (Å²) in [6.45, 7) is 0.431. The van der Waals surface area contributed by atoms with Gasteiger partial charge in [-0.1, -0.05) is 0 Å². The maximum Gasteiger partial charge on any atom is 0.394 e. The van der Waals surface area contributed by atoms with Gasteiger partial charge in [-0.2, -0.15) is 18.3 Å². The number of carbonyl (C=O) groups excluding carboxylic acids is 1. The minimum atomic E-state index is -4.65. The van der Waals surface area contributed by atoms with Gasteiger partial charge in [0.25, 0.3) is 0 Å². The third kappa shape index (κ3) is 3.01. The fourth-order valence-corrected chi connectivity index (χ4v) is 2.45. The number of aliphatic carboxylic acids is 1. The highest BCUT2D eigenvalue weighted by molar-refractivity contribution is 5.82. The quantitative estimate of drug-likeness (QED) is 0.909. The number of hydrogen-bond acceptors (Lipinski definition) is 3. The first-order valence-electron chi connectivity index (χ1n) is 6.29. The summed E-state index contributed by atoms with van der Waals surface area (Å²) >= 11 is 0. The van der Waals surface area contributed by atoms with E-state index in [9.17, 15) is 22.8 Å². The molecule has 3 atom stereocenters. The molecule has 1 saturated heterocycles. The molecule has 1 aliphatic heterocycles. The normalized spacial score (nSPS) is 24.1. The van der Waals surface area contributed by atoms with E-state index in [0.29, 0.717) is 0 Å². The van der Waals surface area contributed by atoms with E-state index >= 15 is 0 Å². The summed E-state index contributed by atoms with van der Waals surface area (Å²) < 4.78 is 39.9. The fourth-order valence-electron chi connectivity index (χ4n) is 2.45. The Balaban J connectivity index is 2.15. The molecule has 0 radical (unpaired) electrons. The van der Waals surface area contributed by atoms with Gasteiger partial charge < -0.3 is 10.0 Å². The Hall–Kier alpha value is -2.06. The minimum absolute atomic E-state index is 0.441. The average Bonchev–Trinajstić information content (AvgIpc) is 3.05. The van der Waals surface area contributed by atoms with Gasteiger partial charge in [-0.25, -0.2) is 0 Å². The van der Waals surface area contributed by atoms with Crippen molar-refractivity contribution >= 4 is 11.9 Å². The summed E-state index contributed by atoms with van der Waals surface area (Å²) in [4.78, 5) is 24.1. The molecule has 1 aromatic rings. The lowest BCUT2D eigenvalue weighted by atomic mass is 9.96. The number of halogens is 3. The predicted octanol–water partition coefficient (Wildman–Crippen LogP) is 1.17. The summed E-state index contributed by atoms with van der Waals surface area (Å²) in [5.41, 5.74) is 0. The van der Waals surface area contributed by atoms with Crippen molar-refractivity contribution < 1.29 is 27.9 Å². The molecule has 2 rings (SSSR count). The van der Waals surface area contributed by atoms with Crippen molar-refractivity contribution in [1.82, 2.24) is 14.7 Å². The van der Waals surface area contributed by atoms with Crippen LogP contribution in [-0.2, 0) is 9.59 Å². The molecular weight excluding hydrogens is 291 g/mol. The van der Waals surface area contributed by atoms with Gasteiger partial charge in [-0.3, -0.25) is 14.3 Å². The minimum Gasteiger partial charge on any atom is -0.481 e. The number of likely N-dealkylation sites (tertiary alicyclic amines) is 1. The molecule has 0 spiro atoms. The van der Waals surface area contributed by atoms with E-state index in [2.05, 4.69) is 5.10 Å². The summed E-state index contributed by atoms with van der Waals surface area (Å²) in [6, 6.07) is 0.813. The van der Waals surface area contributed by atoms with E-state index in [-0.39, 0.29) is 0 Å². The monoisotopic (exact) mass is 305 g/mol. The van der Waals surface area contributed by atoms with Crippen molar-refractivity contribution in [2.75, 3.05) is 13.1 Å². The Morgan fingerprint density at radius 2 is 2.05 bits per heavy atom.